The van der Waals surface area contributed by atoms with Crippen LogP contribution in [0.15, 0.2) is 36.5 Å². The summed E-state index contributed by atoms with van der Waals surface area (Å²) in [5, 5.41) is 12.3. The normalized spacial score (nSPS) is 18.9. The lowest BCUT2D eigenvalue weighted by Crippen LogP contribution is -2.27. The van der Waals surface area contributed by atoms with E-state index in [2.05, 4.69) is 20.5 Å². The van der Waals surface area contributed by atoms with Crippen molar-refractivity contribution in [3.05, 3.63) is 58.4 Å². The standard InChI is InChI=1S/C26H30N4O3S/c1-16-8-9-23(30-29-16)17(2)28-25(31)19-11-20(26-27-14-24(34-26)18-5-3-6-18)13-22(12-19)33-15-21-7-4-10-32-21/h8-9,11-14,17-18,21H,3-7,10,15H2,1-2H3,(H,28,31)/t17?,21-/m0/s1. The van der Waals surface area contributed by atoms with E-state index < -0.39 is 0 Å². The summed E-state index contributed by atoms with van der Waals surface area (Å²) < 4.78 is 11.8. The van der Waals surface area contributed by atoms with Crippen LogP contribution >= 0.6 is 11.3 Å². The largest absolute Gasteiger partial charge is 0.491 e. The molecule has 0 spiro atoms. The van der Waals surface area contributed by atoms with Crippen LogP contribution in [0.3, 0.4) is 0 Å². The van der Waals surface area contributed by atoms with Crippen LogP contribution < -0.4 is 10.1 Å². The lowest BCUT2D eigenvalue weighted by atomic mass is 9.85. The molecular formula is C26H30N4O3S. The van der Waals surface area contributed by atoms with Gasteiger partial charge in [-0.25, -0.2) is 4.98 Å². The van der Waals surface area contributed by atoms with Gasteiger partial charge in [-0.15, -0.1) is 11.3 Å². The van der Waals surface area contributed by atoms with E-state index >= 15 is 0 Å². The van der Waals surface area contributed by atoms with Crippen LogP contribution in [0.2, 0.25) is 0 Å². The van der Waals surface area contributed by atoms with Crippen molar-refractivity contribution in [1.29, 1.82) is 0 Å². The molecule has 1 aliphatic carbocycles. The minimum atomic E-state index is -0.273. The van der Waals surface area contributed by atoms with Crippen LogP contribution in [0.1, 0.15) is 77.6 Å². The summed E-state index contributed by atoms with van der Waals surface area (Å²) in [6, 6.07) is 9.17. The Hall–Kier alpha value is -2.84. The fourth-order valence-corrected chi connectivity index (χ4v) is 5.27. The molecule has 34 heavy (non-hydrogen) atoms. The van der Waals surface area contributed by atoms with Gasteiger partial charge in [0.2, 0.25) is 0 Å². The van der Waals surface area contributed by atoms with Crippen LogP contribution in [-0.4, -0.2) is 40.4 Å². The van der Waals surface area contributed by atoms with E-state index in [1.165, 1.54) is 24.1 Å². The van der Waals surface area contributed by atoms with Crippen molar-refractivity contribution in [3.8, 4) is 16.3 Å². The first kappa shape index (κ1) is 22.9. The van der Waals surface area contributed by atoms with Gasteiger partial charge < -0.3 is 14.8 Å². The van der Waals surface area contributed by atoms with Crippen LogP contribution in [0, 0.1) is 6.92 Å². The summed E-state index contributed by atoms with van der Waals surface area (Å²) in [4.78, 5) is 19.2. The minimum Gasteiger partial charge on any atom is -0.491 e. The van der Waals surface area contributed by atoms with Crippen LogP contribution in [0.5, 0.6) is 5.75 Å². The molecule has 1 N–H and O–H groups in total. The summed E-state index contributed by atoms with van der Waals surface area (Å²) in [5.41, 5.74) is 2.99. The maximum absolute atomic E-state index is 13.2. The number of rotatable bonds is 8. The lowest BCUT2D eigenvalue weighted by Gasteiger charge is -2.23. The average molecular weight is 479 g/mol. The van der Waals surface area contributed by atoms with Gasteiger partial charge in [0.15, 0.2) is 0 Å². The molecule has 2 aliphatic rings. The van der Waals surface area contributed by atoms with Crippen molar-refractivity contribution >= 4 is 17.2 Å². The molecule has 178 valence electrons. The Kier molecular flexibility index (Phi) is 6.87. The summed E-state index contributed by atoms with van der Waals surface area (Å²) in [6.45, 7) is 5.05. The van der Waals surface area contributed by atoms with Gasteiger partial charge in [0, 0.05) is 28.8 Å². The molecule has 2 fully saturated rings. The first-order chi connectivity index (χ1) is 16.5. The van der Waals surface area contributed by atoms with Gasteiger partial charge in [-0.05, 0) is 75.8 Å². The Morgan fingerprint density at radius 3 is 2.79 bits per heavy atom. The minimum absolute atomic E-state index is 0.103. The molecule has 5 rings (SSSR count). The van der Waals surface area contributed by atoms with Crippen LogP contribution in [0.4, 0.5) is 0 Å². The number of ether oxygens (including phenoxy) is 2. The molecule has 1 unspecified atom stereocenters. The van der Waals surface area contributed by atoms with E-state index in [0.29, 0.717) is 23.8 Å². The fraction of sp³-hybridized carbons (Fsp3) is 0.462. The Balaban J connectivity index is 1.38. The van der Waals surface area contributed by atoms with E-state index in [4.69, 9.17) is 9.47 Å². The summed E-state index contributed by atoms with van der Waals surface area (Å²) in [5.74, 6) is 1.10. The third-order valence-electron chi connectivity index (χ3n) is 6.52. The van der Waals surface area contributed by atoms with Crippen molar-refractivity contribution < 1.29 is 14.3 Å². The van der Waals surface area contributed by atoms with Gasteiger partial charge in [0.05, 0.1) is 23.5 Å². The molecule has 0 bridgehead atoms. The first-order valence-electron chi connectivity index (χ1n) is 12.0. The second-order valence-electron chi connectivity index (χ2n) is 9.18. The zero-order valence-corrected chi connectivity index (χ0v) is 20.4. The summed E-state index contributed by atoms with van der Waals surface area (Å²) in [6.07, 6.45) is 7.91. The Bertz CT molecular complexity index is 1140. The monoisotopic (exact) mass is 478 g/mol. The molecule has 8 heteroatoms. The molecule has 3 aromatic rings. The number of hydrogen-bond donors (Lipinski definition) is 1. The molecule has 2 aromatic heterocycles. The molecule has 1 amide bonds. The highest BCUT2D eigenvalue weighted by molar-refractivity contribution is 7.15. The van der Waals surface area contributed by atoms with Gasteiger partial charge in [0.1, 0.15) is 17.4 Å². The van der Waals surface area contributed by atoms with Crippen molar-refractivity contribution in [2.45, 2.75) is 64.0 Å². The Morgan fingerprint density at radius 1 is 1.21 bits per heavy atom. The first-order valence-corrected chi connectivity index (χ1v) is 12.8. The molecule has 3 heterocycles. The number of nitrogens with zero attached hydrogens (tertiary/aromatic N) is 3. The number of amides is 1. The highest BCUT2D eigenvalue weighted by Gasteiger charge is 2.23. The summed E-state index contributed by atoms with van der Waals surface area (Å²) >= 11 is 1.71. The summed E-state index contributed by atoms with van der Waals surface area (Å²) in [7, 11) is 0. The zero-order chi connectivity index (χ0) is 23.5. The molecule has 7 nitrogen and oxygen atoms in total. The number of nitrogens with one attached hydrogen (secondary N) is 1. The van der Waals surface area contributed by atoms with Crippen molar-refractivity contribution in [2.75, 3.05) is 13.2 Å². The van der Waals surface area contributed by atoms with Crippen molar-refractivity contribution in [2.24, 2.45) is 0 Å². The van der Waals surface area contributed by atoms with Gasteiger partial charge in [0.25, 0.3) is 5.91 Å². The van der Waals surface area contributed by atoms with Gasteiger partial charge in [-0.3, -0.25) is 4.79 Å². The number of carbonyl (C=O) groups is 1. The molecular weight excluding hydrogens is 448 g/mol. The predicted octanol–water partition coefficient (Wildman–Crippen LogP) is 5.22. The highest BCUT2D eigenvalue weighted by atomic mass is 32.1. The lowest BCUT2D eigenvalue weighted by molar-refractivity contribution is 0.0679. The molecule has 1 saturated heterocycles. The smallest absolute Gasteiger partial charge is 0.251 e. The molecule has 1 aliphatic heterocycles. The third-order valence-corrected chi connectivity index (χ3v) is 7.73. The second-order valence-corrected chi connectivity index (χ2v) is 10.2. The molecule has 1 saturated carbocycles. The fourth-order valence-electron chi connectivity index (χ4n) is 4.20. The van der Waals surface area contributed by atoms with Crippen LogP contribution in [0.25, 0.3) is 10.6 Å². The number of aromatic nitrogens is 3. The van der Waals surface area contributed by atoms with Crippen molar-refractivity contribution in [1.82, 2.24) is 20.5 Å². The Morgan fingerprint density at radius 2 is 2.09 bits per heavy atom. The van der Waals surface area contributed by atoms with Gasteiger partial charge in [-0.1, -0.05) is 6.42 Å². The van der Waals surface area contributed by atoms with E-state index in [1.807, 2.05) is 44.3 Å². The SMILES string of the molecule is Cc1ccc(C(C)NC(=O)c2cc(OC[C@@H]3CCCO3)cc(-c3ncc(C4CCC4)s3)c2)nn1. The predicted molar refractivity (Wildman–Crippen MR) is 131 cm³/mol. The number of hydrogen-bond acceptors (Lipinski definition) is 7. The number of benzene rings is 1. The third kappa shape index (κ3) is 5.28. The van der Waals surface area contributed by atoms with E-state index in [-0.39, 0.29) is 18.1 Å². The quantitative estimate of drug-likeness (QED) is 0.477. The highest BCUT2D eigenvalue weighted by Crippen LogP contribution is 2.41. The molecule has 2 atom stereocenters. The Labute approximate surface area is 203 Å². The zero-order valence-electron chi connectivity index (χ0n) is 19.6. The van der Waals surface area contributed by atoms with Gasteiger partial charge >= 0.3 is 0 Å². The van der Waals surface area contributed by atoms with Crippen LogP contribution in [-0.2, 0) is 4.74 Å². The number of carbonyl (C=O) groups excluding carboxylic acids is 1. The van der Waals surface area contributed by atoms with Crippen molar-refractivity contribution in [3.63, 3.8) is 0 Å². The second kappa shape index (κ2) is 10.2. The van der Waals surface area contributed by atoms with Gasteiger partial charge in [-0.2, -0.15) is 10.2 Å². The topological polar surface area (TPSA) is 86.2 Å². The maximum Gasteiger partial charge on any atom is 0.251 e. The van der Waals surface area contributed by atoms with E-state index in [9.17, 15) is 4.79 Å². The van der Waals surface area contributed by atoms with E-state index in [0.717, 1.165) is 41.4 Å². The molecule has 0 radical (unpaired) electrons. The number of thiazole rings is 1. The molecule has 1 aromatic carbocycles. The van der Waals surface area contributed by atoms with E-state index in [1.54, 1.807) is 17.4 Å². The number of aryl methyl sites for hydroxylation is 1. The maximum atomic E-state index is 13.2. The average Bonchev–Trinajstić information content (AvgIpc) is 3.49.